The zero-order valence-electron chi connectivity index (χ0n) is 13.1. The topological polar surface area (TPSA) is 64.3 Å². The summed E-state index contributed by atoms with van der Waals surface area (Å²) in [5.74, 6) is -1.69. The Morgan fingerprint density at radius 2 is 1.92 bits per heavy atom. The lowest BCUT2D eigenvalue weighted by atomic mass is 9.80. The number of anilines is 1. The molecule has 1 aromatic rings. The van der Waals surface area contributed by atoms with E-state index in [4.69, 9.17) is 10.5 Å². The number of hydrogen-bond donors (Lipinski definition) is 2. The molecular formula is C16H22ClF3N2O2. The van der Waals surface area contributed by atoms with Gasteiger partial charge in [-0.2, -0.15) is 13.2 Å². The second-order valence-corrected chi connectivity index (χ2v) is 5.75. The van der Waals surface area contributed by atoms with E-state index >= 15 is 0 Å². The Morgan fingerprint density at radius 3 is 2.50 bits per heavy atom. The van der Waals surface area contributed by atoms with E-state index in [0.717, 1.165) is 0 Å². The van der Waals surface area contributed by atoms with E-state index in [0.29, 0.717) is 37.4 Å². The third kappa shape index (κ3) is 5.87. The zero-order valence-corrected chi connectivity index (χ0v) is 14.0. The molecule has 2 atom stereocenters. The van der Waals surface area contributed by atoms with Crippen molar-refractivity contribution in [1.29, 1.82) is 0 Å². The second-order valence-electron chi connectivity index (χ2n) is 5.75. The molecule has 8 heteroatoms. The molecule has 3 N–H and O–H groups in total. The number of benzene rings is 1. The molecule has 2 rings (SSSR count). The van der Waals surface area contributed by atoms with Crippen LogP contribution in [0.25, 0.3) is 0 Å². The van der Waals surface area contributed by atoms with Crippen LogP contribution in [0.15, 0.2) is 24.3 Å². The Balaban J connectivity index is 0.00000288. The van der Waals surface area contributed by atoms with Crippen LogP contribution >= 0.6 is 12.4 Å². The minimum atomic E-state index is -4.22. The van der Waals surface area contributed by atoms with Gasteiger partial charge in [0, 0.05) is 18.2 Å². The van der Waals surface area contributed by atoms with Crippen molar-refractivity contribution in [3.05, 3.63) is 24.3 Å². The van der Waals surface area contributed by atoms with Crippen molar-refractivity contribution in [1.82, 2.24) is 0 Å². The first-order valence-corrected chi connectivity index (χ1v) is 7.70. The summed E-state index contributed by atoms with van der Waals surface area (Å²) in [5, 5.41) is 2.68. The fraction of sp³-hybridized carbons (Fsp3) is 0.562. The molecule has 0 aromatic heterocycles. The van der Waals surface area contributed by atoms with E-state index in [2.05, 4.69) is 5.32 Å². The number of ether oxygens (including phenoxy) is 1. The number of rotatable bonds is 5. The quantitative estimate of drug-likeness (QED) is 0.834. The molecule has 0 bridgehead atoms. The van der Waals surface area contributed by atoms with Gasteiger partial charge in [-0.15, -0.1) is 12.4 Å². The Bertz CT molecular complexity index is 523. The van der Waals surface area contributed by atoms with Gasteiger partial charge in [-0.05, 0) is 43.5 Å². The van der Waals surface area contributed by atoms with Gasteiger partial charge >= 0.3 is 6.18 Å². The van der Waals surface area contributed by atoms with Crippen LogP contribution in [0.1, 0.15) is 25.7 Å². The van der Waals surface area contributed by atoms with Crippen molar-refractivity contribution in [3.8, 4) is 5.75 Å². The lowest BCUT2D eigenvalue weighted by molar-refractivity contribution is -0.185. The summed E-state index contributed by atoms with van der Waals surface area (Å²) in [4.78, 5) is 12.2. The van der Waals surface area contributed by atoms with Crippen LogP contribution in [-0.2, 0) is 4.79 Å². The van der Waals surface area contributed by atoms with Crippen LogP contribution in [-0.4, -0.2) is 25.2 Å². The average molecular weight is 367 g/mol. The maximum Gasteiger partial charge on any atom is 0.391 e. The summed E-state index contributed by atoms with van der Waals surface area (Å²) in [7, 11) is 0. The molecular weight excluding hydrogens is 345 g/mol. The predicted octanol–water partition coefficient (Wildman–Crippen LogP) is 3.75. The summed E-state index contributed by atoms with van der Waals surface area (Å²) in [5.41, 5.74) is 5.88. The lowest BCUT2D eigenvalue weighted by Gasteiger charge is -2.29. The van der Waals surface area contributed by atoms with Crippen LogP contribution in [0.2, 0.25) is 0 Å². The molecule has 1 fully saturated rings. The Labute approximate surface area is 145 Å². The maximum atomic E-state index is 12.8. The highest BCUT2D eigenvalue weighted by Crippen LogP contribution is 2.40. The molecule has 1 amide bonds. The summed E-state index contributed by atoms with van der Waals surface area (Å²) < 4.78 is 43.7. The summed E-state index contributed by atoms with van der Waals surface area (Å²) in [6, 6.07) is 6.69. The maximum absolute atomic E-state index is 12.8. The van der Waals surface area contributed by atoms with E-state index in [1.807, 2.05) is 0 Å². The molecule has 1 aliphatic rings. The van der Waals surface area contributed by atoms with Crippen molar-refractivity contribution in [3.63, 3.8) is 0 Å². The van der Waals surface area contributed by atoms with E-state index in [1.54, 1.807) is 24.3 Å². The van der Waals surface area contributed by atoms with Gasteiger partial charge in [0.2, 0.25) is 5.91 Å². The first-order valence-electron chi connectivity index (χ1n) is 7.70. The van der Waals surface area contributed by atoms with E-state index in [-0.39, 0.29) is 31.2 Å². The molecule has 0 spiro atoms. The molecule has 1 saturated carbocycles. The van der Waals surface area contributed by atoms with Crippen molar-refractivity contribution in [2.45, 2.75) is 31.9 Å². The second kappa shape index (κ2) is 9.13. The highest BCUT2D eigenvalue weighted by Gasteiger charge is 2.43. The number of carbonyl (C=O) groups is 1. The SMILES string of the molecule is Cl.NCCOc1ccc(NC(=O)C2CCCC(C(F)(F)F)C2)cc1. The Morgan fingerprint density at radius 1 is 1.25 bits per heavy atom. The van der Waals surface area contributed by atoms with Gasteiger partial charge in [0.15, 0.2) is 0 Å². The normalized spacial score (nSPS) is 20.8. The van der Waals surface area contributed by atoms with Crippen LogP contribution in [0.3, 0.4) is 0 Å². The van der Waals surface area contributed by atoms with E-state index < -0.39 is 18.0 Å². The van der Waals surface area contributed by atoms with Gasteiger partial charge in [0.05, 0.1) is 5.92 Å². The first-order chi connectivity index (χ1) is 10.9. The van der Waals surface area contributed by atoms with Crippen LogP contribution in [0.5, 0.6) is 5.75 Å². The monoisotopic (exact) mass is 366 g/mol. The third-order valence-corrected chi connectivity index (χ3v) is 4.02. The molecule has 0 saturated heterocycles. The predicted molar refractivity (Wildman–Crippen MR) is 88.4 cm³/mol. The molecule has 24 heavy (non-hydrogen) atoms. The van der Waals surface area contributed by atoms with Gasteiger partial charge in [-0.25, -0.2) is 0 Å². The highest BCUT2D eigenvalue weighted by molar-refractivity contribution is 5.92. The molecule has 1 aliphatic carbocycles. The number of hydrogen-bond acceptors (Lipinski definition) is 3. The number of nitrogens with one attached hydrogen (secondary N) is 1. The molecule has 1 aromatic carbocycles. The van der Waals surface area contributed by atoms with Gasteiger partial charge in [-0.3, -0.25) is 4.79 Å². The highest BCUT2D eigenvalue weighted by atomic mass is 35.5. The van der Waals surface area contributed by atoms with Gasteiger partial charge in [0.1, 0.15) is 12.4 Å². The summed E-state index contributed by atoms with van der Waals surface area (Å²) in [6.45, 7) is 0.799. The number of amides is 1. The fourth-order valence-corrected chi connectivity index (χ4v) is 2.78. The van der Waals surface area contributed by atoms with Crippen LogP contribution in [0.4, 0.5) is 18.9 Å². The van der Waals surface area contributed by atoms with Crippen molar-refractivity contribution < 1.29 is 22.7 Å². The summed E-state index contributed by atoms with van der Waals surface area (Å²) in [6.07, 6.45) is -3.32. The molecule has 0 aliphatic heterocycles. The molecule has 4 nitrogen and oxygen atoms in total. The standard InChI is InChI=1S/C16H21F3N2O2.ClH/c17-16(18,19)12-3-1-2-11(10-12)15(22)21-13-4-6-14(7-5-13)23-9-8-20;/h4-7,11-12H,1-3,8-10,20H2,(H,21,22);1H. The van der Waals surface area contributed by atoms with Crippen LogP contribution < -0.4 is 15.8 Å². The van der Waals surface area contributed by atoms with E-state index in [1.165, 1.54) is 0 Å². The number of alkyl halides is 3. The average Bonchev–Trinajstić information content (AvgIpc) is 2.53. The number of halogens is 4. The van der Waals surface area contributed by atoms with Crippen molar-refractivity contribution in [2.24, 2.45) is 17.6 Å². The fourth-order valence-electron chi connectivity index (χ4n) is 2.78. The van der Waals surface area contributed by atoms with Crippen LogP contribution in [0, 0.1) is 11.8 Å². The van der Waals surface area contributed by atoms with Gasteiger partial charge in [-0.1, -0.05) is 6.42 Å². The number of nitrogens with two attached hydrogens (primary N) is 1. The Hall–Kier alpha value is -1.47. The molecule has 2 unspecified atom stereocenters. The molecule has 0 radical (unpaired) electrons. The lowest BCUT2D eigenvalue weighted by Crippen LogP contribution is -2.34. The van der Waals surface area contributed by atoms with Crippen molar-refractivity contribution >= 4 is 24.0 Å². The van der Waals surface area contributed by atoms with Gasteiger partial charge in [0.25, 0.3) is 0 Å². The minimum absolute atomic E-state index is 0. The smallest absolute Gasteiger partial charge is 0.391 e. The van der Waals surface area contributed by atoms with Crippen molar-refractivity contribution in [2.75, 3.05) is 18.5 Å². The van der Waals surface area contributed by atoms with Gasteiger partial charge < -0.3 is 15.8 Å². The van der Waals surface area contributed by atoms with E-state index in [9.17, 15) is 18.0 Å². The molecule has 136 valence electrons. The first kappa shape index (κ1) is 20.6. The molecule has 0 heterocycles. The number of carbonyl (C=O) groups excluding carboxylic acids is 1. The third-order valence-electron chi connectivity index (χ3n) is 4.02. The Kier molecular flexibility index (Phi) is 7.83. The zero-order chi connectivity index (χ0) is 16.9. The summed E-state index contributed by atoms with van der Waals surface area (Å²) >= 11 is 0. The minimum Gasteiger partial charge on any atom is -0.492 e. The largest absolute Gasteiger partial charge is 0.492 e.